The zero-order chi connectivity index (χ0) is 14.9. The van der Waals surface area contributed by atoms with Crippen molar-refractivity contribution in [2.24, 2.45) is 0 Å². The first-order valence-corrected chi connectivity index (χ1v) is 7.38. The maximum absolute atomic E-state index is 5.51. The number of ether oxygens (including phenoxy) is 2. The molecule has 0 atom stereocenters. The summed E-state index contributed by atoms with van der Waals surface area (Å²) in [5.41, 5.74) is 2.47. The molecule has 0 bridgehead atoms. The van der Waals surface area contributed by atoms with E-state index in [0.29, 0.717) is 6.61 Å². The molecule has 0 saturated carbocycles. The van der Waals surface area contributed by atoms with Gasteiger partial charge >= 0.3 is 0 Å². The van der Waals surface area contributed by atoms with E-state index in [-0.39, 0.29) is 12.4 Å². The number of methoxy groups -OCH3 is 1. The predicted molar refractivity (Wildman–Crippen MR) is 93.3 cm³/mol. The molecule has 2 aromatic carbocycles. The Labute approximate surface area is 139 Å². The largest absolute Gasteiger partial charge is 0.496 e. The SMILES string of the molecule is CCOc1cccc(CNCCc2ccccc2OC)c1.Cl. The van der Waals surface area contributed by atoms with E-state index < -0.39 is 0 Å². The number of hydrogen-bond donors (Lipinski definition) is 1. The van der Waals surface area contributed by atoms with Crippen LogP contribution in [0.4, 0.5) is 0 Å². The Morgan fingerprint density at radius 2 is 1.86 bits per heavy atom. The molecule has 22 heavy (non-hydrogen) atoms. The first-order chi connectivity index (χ1) is 10.3. The van der Waals surface area contributed by atoms with Crippen molar-refractivity contribution in [2.75, 3.05) is 20.3 Å². The van der Waals surface area contributed by atoms with Gasteiger partial charge in [0.25, 0.3) is 0 Å². The number of nitrogens with one attached hydrogen (secondary N) is 1. The van der Waals surface area contributed by atoms with E-state index in [4.69, 9.17) is 9.47 Å². The van der Waals surface area contributed by atoms with Crippen LogP contribution in [-0.4, -0.2) is 20.3 Å². The molecule has 0 amide bonds. The molecule has 4 heteroatoms. The first kappa shape index (κ1) is 18.3. The normalized spacial score (nSPS) is 9.91. The smallest absolute Gasteiger partial charge is 0.122 e. The summed E-state index contributed by atoms with van der Waals surface area (Å²) in [5, 5.41) is 3.46. The van der Waals surface area contributed by atoms with E-state index >= 15 is 0 Å². The minimum atomic E-state index is 0. The van der Waals surface area contributed by atoms with Crippen molar-refractivity contribution in [2.45, 2.75) is 19.9 Å². The van der Waals surface area contributed by atoms with Crippen LogP contribution < -0.4 is 14.8 Å². The number of benzene rings is 2. The second kappa shape index (κ2) is 10.1. The lowest BCUT2D eigenvalue weighted by Gasteiger charge is -2.10. The lowest BCUT2D eigenvalue weighted by Crippen LogP contribution is -2.17. The first-order valence-electron chi connectivity index (χ1n) is 7.38. The van der Waals surface area contributed by atoms with Crippen molar-refractivity contribution in [1.29, 1.82) is 0 Å². The molecule has 0 radical (unpaired) electrons. The molecule has 0 spiro atoms. The van der Waals surface area contributed by atoms with Crippen LogP contribution in [0.2, 0.25) is 0 Å². The number of para-hydroxylation sites is 1. The van der Waals surface area contributed by atoms with E-state index in [2.05, 4.69) is 23.5 Å². The van der Waals surface area contributed by atoms with Gasteiger partial charge in [-0.3, -0.25) is 0 Å². The van der Waals surface area contributed by atoms with Crippen LogP contribution in [0.1, 0.15) is 18.1 Å². The fourth-order valence-electron chi connectivity index (χ4n) is 2.28. The molecule has 0 aliphatic carbocycles. The van der Waals surface area contributed by atoms with Crippen molar-refractivity contribution < 1.29 is 9.47 Å². The molecule has 3 nitrogen and oxygen atoms in total. The van der Waals surface area contributed by atoms with E-state index in [0.717, 1.165) is 31.0 Å². The average Bonchev–Trinajstić information content (AvgIpc) is 2.53. The minimum absolute atomic E-state index is 0. The van der Waals surface area contributed by atoms with Gasteiger partial charge in [0.05, 0.1) is 13.7 Å². The Hall–Kier alpha value is -1.71. The van der Waals surface area contributed by atoms with Crippen molar-refractivity contribution >= 4 is 12.4 Å². The highest BCUT2D eigenvalue weighted by Gasteiger charge is 2.01. The monoisotopic (exact) mass is 321 g/mol. The highest BCUT2D eigenvalue weighted by atomic mass is 35.5. The number of halogens is 1. The molecule has 120 valence electrons. The summed E-state index contributed by atoms with van der Waals surface area (Å²) in [5.74, 6) is 1.89. The predicted octanol–water partition coefficient (Wildman–Crippen LogP) is 3.85. The van der Waals surface area contributed by atoms with Gasteiger partial charge in [-0.05, 0) is 49.2 Å². The highest BCUT2D eigenvalue weighted by Crippen LogP contribution is 2.17. The van der Waals surface area contributed by atoms with Crippen molar-refractivity contribution in [3.63, 3.8) is 0 Å². The molecule has 0 aliphatic heterocycles. The van der Waals surface area contributed by atoms with E-state index in [1.165, 1.54) is 11.1 Å². The van der Waals surface area contributed by atoms with E-state index in [1.54, 1.807) is 7.11 Å². The minimum Gasteiger partial charge on any atom is -0.496 e. The summed E-state index contributed by atoms with van der Waals surface area (Å²) in [4.78, 5) is 0. The molecule has 0 fully saturated rings. The third kappa shape index (κ3) is 5.58. The van der Waals surface area contributed by atoms with Crippen LogP contribution in [0, 0.1) is 0 Å². The zero-order valence-corrected chi connectivity index (χ0v) is 14.0. The van der Waals surface area contributed by atoms with Crippen LogP contribution in [0.15, 0.2) is 48.5 Å². The van der Waals surface area contributed by atoms with Gasteiger partial charge in [-0.25, -0.2) is 0 Å². The molecule has 0 aliphatic rings. The molecule has 0 unspecified atom stereocenters. The zero-order valence-electron chi connectivity index (χ0n) is 13.2. The van der Waals surface area contributed by atoms with Gasteiger partial charge in [-0.2, -0.15) is 0 Å². The molecule has 1 N–H and O–H groups in total. The third-order valence-corrected chi connectivity index (χ3v) is 3.30. The Bertz CT molecular complexity index is 560. The summed E-state index contributed by atoms with van der Waals surface area (Å²) < 4.78 is 10.9. The molecule has 2 rings (SSSR count). The quantitative estimate of drug-likeness (QED) is 0.749. The van der Waals surface area contributed by atoms with Gasteiger partial charge in [0.2, 0.25) is 0 Å². The molecule has 2 aromatic rings. The lowest BCUT2D eigenvalue weighted by molar-refractivity contribution is 0.340. The van der Waals surface area contributed by atoms with Crippen LogP contribution in [0.25, 0.3) is 0 Å². The van der Waals surface area contributed by atoms with Crippen molar-refractivity contribution in [3.05, 3.63) is 59.7 Å². The maximum Gasteiger partial charge on any atom is 0.122 e. The topological polar surface area (TPSA) is 30.5 Å². The molecular formula is C18H24ClNO2. The number of hydrogen-bond acceptors (Lipinski definition) is 3. The molecular weight excluding hydrogens is 298 g/mol. The Morgan fingerprint density at radius 1 is 1.05 bits per heavy atom. The van der Waals surface area contributed by atoms with Crippen molar-refractivity contribution in [3.8, 4) is 11.5 Å². The van der Waals surface area contributed by atoms with Crippen LogP contribution >= 0.6 is 12.4 Å². The van der Waals surface area contributed by atoms with Crippen LogP contribution in [0.3, 0.4) is 0 Å². The molecule has 0 saturated heterocycles. The average molecular weight is 322 g/mol. The summed E-state index contributed by atoms with van der Waals surface area (Å²) in [6.07, 6.45) is 0.954. The van der Waals surface area contributed by atoms with E-state index in [1.807, 2.05) is 37.3 Å². The Morgan fingerprint density at radius 3 is 2.64 bits per heavy atom. The second-order valence-corrected chi connectivity index (χ2v) is 4.82. The molecule has 0 heterocycles. The Kier molecular flexibility index (Phi) is 8.41. The summed E-state index contributed by atoms with van der Waals surface area (Å²) in [7, 11) is 1.71. The van der Waals surface area contributed by atoms with E-state index in [9.17, 15) is 0 Å². The summed E-state index contributed by atoms with van der Waals surface area (Å²) >= 11 is 0. The van der Waals surface area contributed by atoms with Gasteiger partial charge < -0.3 is 14.8 Å². The maximum atomic E-state index is 5.51. The second-order valence-electron chi connectivity index (χ2n) is 4.82. The fraction of sp³-hybridized carbons (Fsp3) is 0.333. The van der Waals surface area contributed by atoms with Crippen LogP contribution in [0.5, 0.6) is 11.5 Å². The van der Waals surface area contributed by atoms with Crippen LogP contribution in [-0.2, 0) is 13.0 Å². The Balaban J connectivity index is 0.00000242. The summed E-state index contributed by atoms with van der Waals surface area (Å²) in [6.45, 7) is 4.46. The fourth-order valence-corrected chi connectivity index (χ4v) is 2.28. The lowest BCUT2D eigenvalue weighted by atomic mass is 10.1. The van der Waals surface area contributed by atoms with Crippen molar-refractivity contribution in [1.82, 2.24) is 5.32 Å². The van der Waals surface area contributed by atoms with Gasteiger partial charge in [0.15, 0.2) is 0 Å². The standard InChI is InChI=1S/C18H23NO2.ClH/c1-3-21-17-9-6-7-15(13-17)14-19-12-11-16-8-4-5-10-18(16)20-2;/h4-10,13,19H,3,11-12,14H2,1-2H3;1H. The van der Waals surface area contributed by atoms with Gasteiger partial charge in [-0.1, -0.05) is 30.3 Å². The van der Waals surface area contributed by atoms with Gasteiger partial charge in [0.1, 0.15) is 11.5 Å². The van der Waals surface area contributed by atoms with Gasteiger partial charge in [-0.15, -0.1) is 12.4 Å². The summed E-state index contributed by atoms with van der Waals surface area (Å²) in [6, 6.07) is 16.4. The third-order valence-electron chi connectivity index (χ3n) is 3.30. The molecule has 0 aromatic heterocycles. The van der Waals surface area contributed by atoms with Gasteiger partial charge in [0, 0.05) is 6.54 Å². The highest BCUT2D eigenvalue weighted by molar-refractivity contribution is 5.85. The number of rotatable bonds is 8.